The number of aromatic amines is 1. The van der Waals surface area contributed by atoms with E-state index in [0.717, 1.165) is 11.1 Å². The molecule has 2 heterocycles. The highest BCUT2D eigenvalue weighted by Crippen LogP contribution is 2.56. The van der Waals surface area contributed by atoms with Gasteiger partial charge in [0.15, 0.2) is 22.9 Å². The van der Waals surface area contributed by atoms with Gasteiger partial charge in [0, 0.05) is 17.7 Å². The molecule has 11 nitrogen and oxygen atoms in total. The highest BCUT2D eigenvalue weighted by molar-refractivity contribution is 6.35. The molecule has 12 heteroatoms. The van der Waals surface area contributed by atoms with E-state index in [1.807, 2.05) is 60.7 Å². The zero-order chi connectivity index (χ0) is 34.7. The summed E-state index contributed by atoms with van der Waals surface area (Å²) in [4.78, 5) is 45.5. The summed E-state index contributed by atoms with van der Waals surface area (Å²) in [7, 11) is 3.55. The third-order valence-electron chi connectivity index (χ3n) is 10.3. The second-order valence-electron chi connectivity index (χ2n) is 13.4. The summed E-state index contributed by atoms with van der Waals surface area (Å²) in [6.07, 6.45) is 2.02. The Morgan fingerprint density at radius 3 is 2.30 bits per heavy atom. The van der Waals surface area contributed by atoms with Crippen molar-refractivity contribution in [2.24, 2.45) is 17.8 Å². The van der Waals surface area contributed by atoms with E-state index in [-0.39, 0.29) is 54.6 Å². The van der Waals surface area contributed by atoms with Gasteiger partial charge in [-0.2, -0.15) is 5.10 Å². The summed E-state index contributed by atoms with van der Waals surface area (Å²) < 4.78 is 18.0. The van der Waals surface area contributed by atoms with Crippen molar-refractivity contribution in [1.82, 2.24) is 20.3 Å². The minimum atomic E-state index is -2.53. The second kappa shape index (κ2) is 12.3. The summed E-state index contributed by atoms with van der Waals surface area (Å²) in [6.45, 7) is 0.242. The number of carbonyl (C=O) groups is 3. The number of carbonyl (C=O) groups excluding carboxylic acids is 3. The van der Waals surface area contributed by atoms with Crippen LogP contribution in [0.5, 0.6) is 11.6 Å². The minimum absolute atomic E-state index is 0.0859. The van der Waals surface area contributed by atoms with Crippen LogP contribution in [0, 0.1) is 17.8 Å². The Bertz CT molecular complexity index is 2120. The Morgan fingerprint density at radius 2 is 1.66 bits per heavy atom. The van der Waals surface area contributed by atoms with Crippen molar-refractivity contribution in [1.29, 1.82) is 0 Å². The first-order valence-corrected chi connectivity index (χ1v) is 16.8. The number of rotatable bonds is 8. The number of nitrogens with one attached hydrogen (secondary N) is 1. The predicted octanol–water partition coefficient (Wildman–Crippen LogP) is 5.67. The fourth-order valence-corrected chi connectivity index (χ4v) is 8.28. The van der Waals surface area contributed by atoms with E-state index >= 15 is 0 Å². The average Bonchev–Trinajstić information content (AvgIpc) is 3.81. The summed E-state index contributed by atoms with van der Waals surface area (Å²) in [5, 5.41) is 23.8. The molecule has 0 amide bonds. The van der Waals surface area contributed by atoms with Crippen molar-refractivity contribution in [2.75, 3.05) is 14.1 Å². The number of benzene rings is 3. The zero-order valence-electron chi connectivity index (χ0n) is 27.3. The number of H-pyrrole nitrogens is 1. The van der Waals surface area contributed by atoms with Crippen LogP contribution < -0.4 is 9.47 Å². The van der Waals surface area contributed by atoms with E-state index in [1.54, 1.807) is 37.3 Å². The largest absolute Gasteiger partial charge is 0.488 e. The molecule has 2 aromatic heterocycles. The Hall–Kier alpha value is -5.10. The SMILES string of the molecule is CN(C)C1c2onc(OCc3ccccc3)c2C(=O)C2(O)C(=O)C3C(=O)c4c(OCc5ccccc5)cc(-c5ccn[nH]5)c(Cl)c4CC3CC12. The second-order valence-corrected chi connectivity index (χ2v) is 13.7. The fraction of sp³-hybridized carbons (Fsp3) is 0.289. The number of halogens is 1. The third-order valence-corrected chi connectivity index (χ3v) is 10.7. The first-order chi connectivity index (χ1) is 24.2. The van der Waals surface area contributed by atoms with E-state index in [1.165, 1.54) is 0 Å². The maximum absolute atomic E-state index is 14.7. The van der Waals surface area contributed by atoms with Crippen molar-refractivity contribution in [3.05, 3.63) is 118 Å². The molecule has 50 heavy (non-hydrogen) atoms. The molecule has 2 N–H and O–H groups in total. The molecule has 0 aliphatic heterocycles. The highest BCUT2D eigenvalue weighted by atomic mass is 35.5. The van der Waals surface area contributed by atoms with Gasteiger partial charge in [0.25, 0.3) is 5.88 Å². The first-order valence-electron chi connectivity index (χ1n) is 16.4. The molecule has 1 fully saturated rings. The zero-order valence-corrected chi connectivity index (χ0v) is 28.0. The van der Waals surface area contributed by atoms with E-state index in [0.29, 0.717) is 21.8 Å². The minimum Gasteiger partial charge on any atom is -0.488 e. The van der Waals surface area contributed by atoms with Crippen LogP contribution in [0.2, 0.25) is 5.02 Å². The Kier molecular flexibility index (Phi) is 7.93. The van der Waals surface area contributed by atoms with Gasteiger partial charge in [0.1, 0.15) is 24.5 Å². The molecule has 254 valence electrons. The number of ether oxygens (including phenoxy) is 2. The molecule has 1 saturated carbocycles. The van der Waals surface area contributed by atoms with E-state index in [2.05, 4.69) is 15.4 Å². The van der Waals surface area contributed by atoms with Crippen molar-refractivity contribution >= 4 is 29.0 Å². The lowest BCUT2D eigenvalue weighted by atomic mass is 9.54. The van der Waals surface area contributed by atoms with Gasteiger partial charge in [-0.1, -0.05) is 72.3 Å². The van der Waals surface area contributed by atoms with Gasteiger partial charge in [-0.25, -0.2) is 0 Å². The lowest BCUT2D eigenvalue weighted by molar-refractivity contribution is -0.153. The van der Waals surface area contributed by atoms with Crippen molar-refractivity contribution in [3.8, 4) is 22.9 Å². The molecular formula is C38H33ClN4O7. The summed E-state index contributed by atoms with van der Waals surface area (Å²) in [6, 6.07) is 21.5. The normalized spacial score (nSPS) is 24.0. The van der Waals surface area contributed by atoms with Crippen LogP contribution in [-0.4, -0.2) is 62.4 Å². The van der Waals surface area contributed by atoms with Gasteiger partial charge < -0.3 is 19.1 Å². The molecule has 3 aliphatic carbocycles. The monoisotopic (exact) mass is 692 g/mol. The Balaban J connectivity index is 1.20. The molecule has 5 aromatic rings. The van der Waals surface area contributed by atoms with E-state index < -0.39 is 46.7 Å². The number of nitrogens with zero attached hydrogens (tertiary/aromatic N) is 3. The number of hydrogen-bond acceptors (Lipinski definition) is 10. The van der Waals surface area contributed by atoms with Crippen LogP contribution in [0.4, 0.5) is 0 Å². The van der Waals surface area contributed by atoms with Gasteiger partial charge in [0.05, 0.1) is 28.2 Å². The molecule has 5 atom stereocenters. The average molecular weight is 693 g/mol. The van der Waals surface area contributed by atoms with Crippen LogP contribution in [-0.2, 0) is 24.4 Å². The number of fused-ring (bicyclic) bond motifs is 4. The fourth-order valence-electron chi connectivity index (χ4n) is 7.95. The van der Waals surface area contributed by atoms with E-state index in [9.17, 15) is 19.5 Å². The van der Waals surface area contributed by atoms with Crippen LogP contribution in [0.1, 0.15) is 55.6 Å². The topological polar surface area (TPSA) is 148 Å². The maximum Gasteiger partial charge on any atom is 0.265 e. The maximum atomic E-state index is 14.7. The smallest absolute Gasteiger partial charge is 0.265 e. The quantitative estimate of drug-likeness (QED) is 0.195. The van der Waals surface area contributed by atoms with Crippen LogP contribution in [0.25, 0.3) is 11.3 Å². The van der Waals surface area contributed by atoms with E-state index in [4.69, 9.17) is 25.6 Å². The van der Waals surface area contributed by atoms with Gasteiger partial charge in [-0.05, 0) is 66.8 Å². The van der Waals surface area contributed by atoms with Crippen molar-refractivity contribution in [2.45, 2.75) is 37.7 Å². The summed E-state index contributed by atoms with van der Waals surface area (Å²) in [5.41, 5.74) is 1.05. The molecule has 0 bridgehead atoms. The van der Waals surface area contributed by atoms with Crippen molar-refractivity contribution in [3.63, 3.8) is 0 Å². The highest BCUT2D eigenvalue weighted by Gasteiger charge is 2.67. The molecule has 3 aromatic carbocycles. The number of hydrogen-bond donors (Lipinski definition) is 2. The first kappa shape index (κ1) is 32.1. The molecular weight excluding hydrogens is 660 g/mol. The van der Waals surface area contributed by atoms with Gasteiger partial charge in [0.2, 0.25) is 5.78 Å². The Labute approximate surface area is 292 Å². The molecule has 5 unspecified atom stereocenters. The predicted molar refractivity (Wildman–Crippen MR) is 181 cm³/mol. The molecule has 8 rings (SSSR count). The van der Waals surface area contributed by atoms with Crippen LogP contribution in [0.15, 0.2) is 83.5 Å². The van der Waals surface area contributed by atoms with Crippen LogP contribution >= 0.6 is 11.6 Å². The molecule has 3 aliphatic rings. The van der Waals surface area contributed by atoms with Gasteiger partial charge in [-0.3, -0.25) is 24.4 Å². The van der Waals surface area contributed by atoms with Gasteiger partial charge in [-0.15, -0.1) is 0 Å². The van der Waals surface area contributed by atoms with Crippen LogP contribution in [0.3, 0.4) is 0 Å². The molecule has 0 radical (unpaired) electrons. The van der Waals surface area contributed by atoms with Crippen molar-refractivity contribution < 1.29 is 33.5 Å². The third kappa shape index (κ3) is 4.99. The number of aliphatic hydroxyl groups is 1. The lowest BCUT2D eigenvalue weighted by Gasteiger charge is -2.51. The lowest BCUT2D eigenvalue weighted by Crippen LogP contribution is -2.66. The Morgan fingerprint density at radius 1 is 0.980 bits per heavy atom. The number of Topliss-reactive ketones (excluding diaryl/α,β-unsaturated/α-hetero) is 3. The number of aromatic nitrogens is 3. The summed E-state index contributed by atoms with van der Waals surface area (Å²) >= 11 is 7.06. The molecule has 0 saturated heterocycles. The molecule has 0 spiro atoms. The van der Waals surface area contributed by atoms with Gasteiger partial charge >= 0.3 is 0 Å². The number of ketones is 3. The summed E-state index contributed by atoms with van der Waals surface area (Å²) in [5.74, 6) is -4.72. The standard InChI is InChI=1S/C38H33ClN4O7/c1-43(2)32-25-16-22-15-24-29(27(48-18-20-9-5-3-6-10-20)17-23(31(24)39)26-13-14-40-41-26)33(44)28(22)35(45)38(25,47)36(46)30-34(32)50-42-37(30)49-19-21-11-7-4-8-12-21/h3-14,17,22,25,28,32,47H,15-16,18-19H2,1-2H3,(H,40,41).